The minimum Gasteiger partial charge on any atom is -0.368 e. The average molecular weight is 393 g/mol. The molecule has 0 saturated carbocycles. The zero-order valence-electron chi connectivity index (χ0n) is 14.0. The number of ether oxygens (including phenoxy) is 1. The van der Waals surface area contributed by atoms with Crippen LogP contribution in [-0.4, -0.2) is 11.4 Å². The molecule has 0 radical (unpaired) electrons. The van der Waals surface area contributed by atoms with E-state index in [1.54, 1.807) is 0 Å². The number of rotatable bonds is 4. The molecule has 1 aliphatic heterocycles. The molecule has 1 fully saturated rings. The Bertz CT molecular complexity index is 762. The number of alkyl halides is 1. The molecule has 1 nitrogen and oxygen atoms in total. The summed E-state index contributed by atoms with van der Waals surface area (Å²) in [6.45, 7) is 0. The fraction of sp³-hybridized carbons (Fsp3) is 0.217. The lowest BCUT2D eigenvalue weighted by atomic mass is 9.67. The summed E-state index contributed by atoms with van der Waals surface area (Å²) < 4.78 is 6.57. The van der Waals surface area contributed by atoms with Crippen molar-refractivity contribution in [3.63, 3.8) is 0 Å². The molecule has 0 aliphatic carbocycles. The van der Waals surface area contributed by atoms with Crippen LogP contribution >= 0.6 is 15.9 Å². The number of hydrogen-bond donors (Lipinski definition) is 0. The van der Waals surface area contributed by atoms with Crippen molar-refractivity contribution in [3.8, 4) is 0 Å². The summed E-state index contributed by atoms with van der Waals surface area (Å²) in [5.74, 6) is 0. The summed E-state index contributed by atoms with van der Waals surface area (Å²) in [5.41, 5.74) is 3.69. The van der Waals surface area contributed by atoms with Gasteiger partial charge in [0.15, 0.2) is 0 Å². The van der Waals surface area contributed by atoms with Gasteiger partial charge in [-0.25, -0.2) is 0 Å². The molecular formula is C23H21BrO. The maximum absolute atomic E-state index is 6.57. The predicted molar refractivity (Wildman–Crippen MR) is 106 cm³/mol. The van der Waals surface area contributed by atoms with Gasteiger partial charge in [-0.3, -0.25) is 0 Å². The monoisotopic (exact) mass is 392 g/mol. The molecule has 3 aromatic carbocycles. The Morgan fingerprint density at radius 2 is 1.24 bits per heavy atom. The lowest BCUT2D eigenvalue weighted by Crippen LogP contribution is -2.31. The highest BCUT2D eigenvalue weighted by Gasteiger charge is 2.51. The molecule has 4 rings (SSSR count). The maximum atomic E-state index is 6.57. The molecule has 2 atom stereocenters. The van der Waals surface area contributed by atoms with Crippen LogP contribution in [0.2, 0.25) is 0 Å². The van der Waals surface area contributed by atoms with Crippen molar-refractivity contribution in [2.45, 2.75) is 24.0 Å². The van der Waals surface area contributed by atoms with Gasteiger partial charge in [0.2, 0.25) is 0 Å². The first kappa shape index (κ1) is 16.6. The summed E-state index contributed by atoms with van der Waals surface area (Å²) in [5, 5.41) is 0.845. The lowest BCUT2D eigenvalue weighted by molar-refractivity contribution is 0.0443. The van der Waals surface area contributed by atoms with Crippen LogP contribution in [0.1, 0.15) is 29.2 Å². The van der Waals surface area contributed by atoms with E-state index in [9.17, 15) is 0 Å². The zero-order valence-corrected chi connectivity index (χ0v) is 15.6. The number of hydrogen-bond acceptors (Lipinski definition) is 1. The van der Waals surface area contributed by atoms with Gasteiger partial charge < -0.3 is 4.74 Å². The molecule has 2 heteroatoms. The Labute approximate surface area is 157 Å². The molecule has 3 aromatic rings. The quantitative estimate of drug-likeness (QED) is 0.502. The number of benzene rings is 3. The van der Waals surface area contributed by atoms with Gasteiger partial charge in [0.25, 0.3) is 0 Å². The lowest BCUT2D eigenvalue weighted by Gasteiger charge is -2.35. The molecule has 0 N–H and O–H groups in total. The van der Waals surface area contributed by atoms with E-state index < -0.39 is 0 Å². The summed E-state index contributed by atoms with van der Waals surface area (Å²) in [6.07, 6.45) is 1.15. The van der Waals surface area contributed by atoms with Crippen molar-refractivity contribution in [1.29, 1.82) is 0 Å². The molecular weight excluding hydrogens is 372 g/mol. The van der Waals surface area contributed by atoms with Crippen molar-refractivity contribution in [2.75, 3.05) is 5.33 Å². The van der Waals surface area contributed by atoms with Crippen molar-refractivity contribution in [2.24, 2.45) is 0 Å². The highest BCUT2D eigenvalue weighted by atomic mass is 79.9. The fourth-order valence-electron chi connectivity index (χ4n) is 4.08. The molecule has 0 aromatic heterocycles. The minimum atomic E-state index is -0.178. The SMILES string of the molecule is BrC[C@H]1CC(c2ccccc2)(c2ccccc2)[C@H](c2ccccc2)O1. The Morgan fingerprint density at radius 1 is 0.760 bits per heavy atom. The Morgan fingerprint density at radius 3 is 1.72 bits per heavy atom. The second-order valence-corrected chi connectivity index (χ2v) is 7.26. The van der Waals surface area contributed by atoms with E-state index in [4.69, 9.17) is 4.74 Å². The highest BCUT2D eigenvalue weighted by Crippen LogP contribution is 2.54. The van der Waals surface area contributed by atoms with Gasteiger partial charge in [-0.1, -0.05) is 107 Å². The van der Waals surface area contributed by atoms with E-state index in [1.807, 2.05) is 0 Å². The van der Waals surface area contributed by atoms with Crippen LogP contribution < -0.4 is 0 Å². The predicted octanol–water partition coefficient (Wildman–Crippen LogP) is 5.90. The third-order valence-corrected chi connectivity index (χ3v) is 5.90. The minimum absolute atomic E-state index is 0.000972. The van der Waals surface area contributed by atoms with E-state index in [-0.39, 0.29) is 17.6 Å². The molecule has 126 valence electrons. The summed E-state index contributed by atoms with van der Waals surface area (Å²) >= 11 is 3.65. The standard InChI is InChI=1S/C23H21BrO/c24-17-21-16-23(19-12-6-2-7-13-19,20-14-8-3-9-15-20)22(25-21)18-10-4-1-5-11-18/h1-15,21-22H,16-17H2/t21-,22+/m1/s1. The van der Waals surface area contributed by atoms with Crippen molar-refractivity contribution < 1.29 is 4.74 Å². The summed E-state index contributed by atoms with van der Waals surface area (Å²) in [4.78, 5) is 0. The van der Waals surface area contributed by atoms with Gasteiger partial charge in [-0.15, -0.1) is 0 Å². The van der Waals surface area contributed by atoms with Gasteiger partial charge in [0.05, 0.1) is 17.6 Å². The normalized spacial score (nSPS) is 22.0. The third-order valence-electron chi connectivity index (χ3n) is 5.18. The van der Waals surface area contributed by atoms with Crippen LogP contribution in [0.4, 0.5) is 0 Å². The number of halogens is 1. The molecule has 25 heavy (non-hydrogen) atoms. The first-order valence-corrected chi connectivity index (χ1v) is 9.84. The van der Waals surface area contributed by atoms with Crippen LogP contribution in [0.25, 0.3) is 0 Å². The molecule has 0 bridgehead atoms. The molecule has 0 spiro atoms. The Hall–Kier alpha value is -1.90. The van der Waals surface area contributed by atoms with Crippen molar-refractivity contribution in [1.82, 2.24) is 0 Å². The molecule has 1 aliphatic rings. The van der Waals surface area contributed by atoms with Gasteiger partial charge in [-0.05, 0) is 23.1 Å². The maximum Gasteiger partial charge on any atom is 0.0967 e. The second-order valence-electron chi connectivity index (χ2n) is 6.61. The van der Waals surface area contributed by atoms with Crippen LogP contribution in [0.5, 0.6) is 0 Å². The fourth-order valence-corrected chi connectivity index (χ4v) is 4.46. The van der Waals surface area contributed by atoms with Crippen molar-refractivity contribution >= 4 is 15.9 Å². The molecule has 0 amide bonds. The zero-order chi connectivity index (χ0) is 17.1. The van der Waals surface area contributed by atoms with Crippen molar-refractivity contribution in [3.05, 3.63) is 108 Å². The third kappa shape index (κ3) is 2.94. The molecule has 1 saturated heterocycles. The van der Waals surface area contributed by atoms with E-state index in [0.717, 1.165) is 11.8 Å². The van der Waals surface area contributed by atoms with Crippen LogP contribution in [0, 0.1) is 0 Å². The van der Waals surface area contributed by atoms with Gasteiger partial charge in [0.1, 0.15) is 0 Å². The summed E-state index contributed by atoms with van der Waals surface area (Å²) in [6, 6.07) is 32.3. The average Bonchev–Trinajstić information content (AvgIpc) is 3.11. The van der Waals surface area contributed by atoms with E-state index in [0.29, 0.717) is 0 Å². The Kier molecular flexibility index (Phi) is 4.74. The highest BCUT2D eigenvalue weighted by molar-refractivity contribution is 9.09. The summed E-state index contributed by atoms with van der Waals surface area (Å²) in [7, 11) is 0. The molecule has 0 unspecified atom stereocenters. The van der Waals surface area contributed by atoms with Gasteiger partial charge in [0, 0.05) is 5.33 Å². The van der Waals surface area contributed by atoms with E-state index >= 15 is 0 Å². The van der Waals surface area contributed by atoms with E-state index in [2.05, 4.69) is 107 Å². The van der Waals surface area contributed by atoms with Crippen LogP contribution in [-0.2, 0) is 10.2 Å². The van der Waals surface area contributed by atoms with Crippen LogP contribution in [0.3, 0.4) is 0 Å². The topological polar surface area (TPSA) is 9.23 Å². The smallest absolute Gasteiger partial charge is 0.0967 e. The largest absolute Gasteiger partial charge is 0.368 e. The second kappa shape index (κ2) is 7.15. The molecule has 1 heterocycles. The van der Waals surface area contributed by atoms with Crippen LogP contribution in [0.15, 0.2) is 91.0 Å². The first-order valence-electron chi connectivity index (χ1n) is 8.72. The van der Waals surface area contributed by atoms with Gasteiger partial charge in [-0.2, -0.15) is 0 Å². The Balaban J connectivity index is 1.94. The van der Waals surface area contributed by atoms with Gasteiger partial charge >= 0.3 is 0 Å². The first-order chi connectivity index (χ1) is 12.3. The van der Waals surface area contributed by atoms with E-state index in [1.165, 1.54) is 16.7 Å².